The van der Waals surface area contributed by atoms with Gasteiger partial charge in [0.2, 0.25) is 0 Å². The summed E-state index contributed by atoms with van der Waals surface area (Å²) in [6.45, 7) is 2.23. The van der Waals surface area contributed by atoms with Gasteiger partial charge in [-0.1, -0.05) is 86.0 Å². The Kier molecular flexibility index (Phi) is 6.25. The molecule has 3 aromatic rings. The first-order valence-corrected chi connectivity index (χ1v) is 9.53. The van der Waals surface area contributed by atoms with Crippen LogP contribution in [0.4, 0.5) is 0 Å². The van der Waals surface area contributed by atoms with Crippen molar-refractivity contribution in [2.75, 3.05) is 0 Å². The highest BCUT2D eigenvalue weighted by Gasteiger charge is 2.09. The summed E-state index contributed by atoms with van der Waals surface area (Å²) in [7, 11) is 0. The van der Waals surface area contributed by atoms with Gasteiger partial charge in [-0.2, -0.15) is 0 Å². The van der Waals surface area contributed by atoms with E-state index >= 15 is 0 Å². The minimum absolute atomic E-state index is 0.681. The average molecular weight is 363 g/mol. The highest BCUT2D eigenvalue weighted by molar-refractivity contribution is 6.31. The molecule has 0 fully saturated rings. The van der Waals surface area contributed by atoms with Crippen molar-refractivity contribution >= 4 is 17.9 Å². The van der Waals surface area contributed by atoms with E-state index in [4.69, 9.17) is 11.6 Å². The monoisotopic (exact) mass is 362 g/mol. The number of benzene rings is 3. The van der Waals surface area contributed by atoms with Gasteiger partial charge >= 0.3 is 0 Å². The first-order valence-electron chi connectivity index (χ1n) is 9.15. The Morgan fingerprint density at radius 1 is 0.808 bits per heavy atom. The van der Waals surface area contributed by atoms with Gasteiger partial charge in [-0.25, -0.2) is 0 Å². The summed E-state index contributed by atoms with van der Waals surface area (Å²) >= 11 is 6.27. The van der Waals surface area contributed by atoms with Gasteiger partial charge in [-0.3, -0.25) is 4.79 Å². The normalized spacial score (nSPS) is 10.7. The molecule has 0 saturated heterocycles. The lowest BCUT2D eigenvalue weighted by Gasteiger charge is -2.12. The Hall–Kier alpha value is -2.38. The SMILES string of the molecule is CCCCCc1ccc(-c2cc(Cl)ccc2-c2ccc(C=O)cc2)cc1. The molecule has 0 radical (unpaired) electrons. The van der Waals surface area contributed by atoms with Crippen molar-refractivity contribution in [2.45, 2.75) is 32.6 Å². The molecule has 132 valence electrons. The maximum Gasteiger partial charge on any atom is 0.150 e. The number of aldehydes is 1. The molecular weight excluding hydrogens is 340 g/mol. The van der Waals surface area contributed by atoms with E-state index in [0.717, 1.165) is 40.0 Å². The summed E-state index contributed by atoms with van der Waals surface area (Å²) in [5, 5.41) is 0.722. The minimum atomic E-state index is 0.681. The van der Waals surface area contributed by atoms with Gasteiger partial charge in [0.25, 0.3) is 0 Å². The van der Waals surface area contributed by atoms with Crippen LogP contribution in [0.3, 0.4) is 0 Å². The Labute approximate surface area is 160 Å². The molecule has 0 spiro atoms. The zero-order valence-corrected chi connectivity index (χ0v) is 15.8. The number of carbonyl (C=O) groups excluding carboxylic acids is 1. The van der Waals surface area contributed by atoms with Crippen molar-refractivity contribution in [3.63, 3.8) is 0 Å². The topological polar surface area (TPSA) is 17.1 Å². The number of carbonyl (C=O) groups is 1. The molecule has 0 atom stereocenters. The van der Waals surface area contributed by atoms with Crippen LogP contribution in [0.2, 0.25) is 5.02 Å². The largest absolute Gasteiger partial charge is 0.298 e. The maximum atomic E-state index is 10.9. The molecule has 0 bridgehead atoms. The van der Waals surface area contributed by atoms with Crippen molar-refractivity contribution in [2.24, 2.45) is 0 Å². The summed E-state index contributed by atoms with van der Waals surface area (Å²) < 4.78 is 0. The van der Waals surface area contributed by atoms with Gasteiger partial charge in [0.1, 0.15) is 6.29 Å². The third kappa shape index (κ3) is 4.42. The van der Waals surface area contributed by atoms with Crippen molar-refractivity contribution in [3.8, 4) is 22.3 Å². The number of aryl methyl sites for hydroxylation is 1. The van der Waals surface area contributed by atoms with Crippen molar-refractivity contribution < 1.29 is 4.79 Å². The van der Waals surface area contributed by atoms with Crippen LogP contribution in [0.5, 0.6) is 0 Å². The third-order valence-corrected chi connectivity index (χ3v) is 4.91. The van der Waals surface area contributed by atoms with E-state index in [0.29, 0.717) is 5.56 Å². The molecule has 2 heteroatoms. The smallest absolute Gasteiger partial charge is 0.150 e. The number of unbranched alkanes of at least 4 members (excludes halogenated alkanes) is 2. The molecule has 1 nitrogen and oxygen atoms in total. The molecule has 3 aromatic carbocycles. The molecule has 0 heterocycles. The quantitative estimate of drug-likeness (QED) is 0.320. The number of rotatable bonds is 7. The number of hydrogen-bond acceptors (Lipinski definition) is 1. The highest BCUT2D eigenvalue weighted by Crippen LogP contribution is 2.34. The predicted octanol–water partition coefficient (Wildman–Crippen LogP) is 7.22. The number of hydrogen-bond donors (Lipinski definition) is 0. The molecule has 0 N–H and O–H groups in total. The summed E-state index contributed by atoms with van der Waals surface area (Å²) in [4.78, 5) is 10.9. The van der Waals surface area contributed by atoms with Gasteiger partial charge < -0.3 is 0 Å². The molecule has 0 aliphatic rings. The lowest BCUT2D eigenvalue weighted by molar-refractivity contribution is 0.112. The fourth-order valence-corrected chi connectivity index (χ4v) is 3.35. The lowest BCUT2D eigenvalue weighted by Crippen LogP contribution is -1.89. The fraction of sp³-hybridized carbons (Fsp3) is 0.208. The number of halogens is 1. The molecule has 0 amide bonds. The van der Waals surface area contributed by atoms with Crippen LogP contribution in [0.1, 0.15) is 42.1 Å². The van der Waals surface area contributed by atoms with E-state index in [1.807, 2.05) is 42.5 Å². The highest BCUT2D eigenvalue weighted by atomic mass is 35.5. The van der Waals surface area contributed by atoms with E-state index in [-0.39, 0.29) is 0 Å². The Bertz CT molecular complexity index is 864. The second-order valence-electron chi connectivity index (χ2n) is 6.58. The first-order chi connectivity index (χ1) is 12.7. The minimum Gasteiger partial charge on any atom is -0.298 e. The molecule has 3 rings (SSSR count). The Morgan fingerprint density at radius 3 is 2.12 bits per heavy atom. The standard InChI is InChI=1S/C24H23ClO/c1-2-3-4-5-18-6-10-21(11-7-18)24-16-22(25)14-15-23(24)20-12-8-19(17-26)9-13-20/h6-17H,2-5H2,1H3. The molecule has 0 aliphatic carbocycles. The third-order valence-electron chi connectivity index (χ3n) is 4.67. The molecule has 0 aliphatic heterocycles. The summed E-state index contributed by atoms with van der Waals surface area (Å²) in [6.07, 6.45) is 5.75. The zero-order valence-electron chi connectivity index (χ0n) is 15.0. The van der Waals surface area contributed by atoms with Crippen LogP contribution in [0, 0.1) is 0 Å². The van der Waals surface area contributed by atoms with E-state index in [9.17, 15) is 4.79 Å². The van der Waals surface area contributed by atoms with Crippen LogP contribution >= 0.6 is 11.6 Å². The van der Waals surface area contributed by atoms with Crippen LogP contribution < -0.4 is 0 Å². The van der Waals surface area contributed by atoms with Gasteiger partial charge in [-0.05, 0) is 52.8 Å². The van der Waals surface area contributed by atoms with E-state index in [1.165, 1.54) is 24.8 Å². The molecule has 26 heavy (non-hydrogen) atoms. The fourth-order valence-electron chi connectivity index (χ4n) is 3.18. The van der Waals surface area contributed by atoms with Gasteiger partial charge in [0, 0.05) is 10.6 Å². The molecule has 0 saturated carbocycles. The Morgan fingerprint density at radius 2 is 1.46 bits per heavy atom. The van der Waals surface area contributed by atoms with Crippen LogP contribution in [0.15, 0.2) is 66.7 Å². The summed E-state index contributed by atoms with van der Waals surface area (Å²) in [5.41, 5.74) is 6.51. The second kappa shape index (κ2) is 8.82. The van der Waals surface area contributed by atoms with E-state index in [1.54, 1.807) is 0 Å². The van der Waals surface area contributed by atoms with Gasteiger partial charge in [-0.15, -0.1) is 0 Å². The summed E-state index contributed by atoms with van der Waals surface area (Å²) in [5.74, 6) is 0. The maximum absolute atomic E-state index is 10.9. The molecular formula is C24H23ClO. The van der Waals surface area contributed by atoms with Gasteiger partial charge in [0.15, 0.2) is 0 Å². The molecule has 0 unspecified atom stereocenters. The van der Waals surface area contributed by atoms with Crippen LogP contribution in [-0.4, -0.2) is 6.29 Å². The second-order valence-corrected chi connectivity index (χ2v) is 7.02. The van der Waals surface area contributed by atoms with Crippen LogP contribution in [0.25, 0.3) is 22.3 Å². The molecule has 0 aromatic heterocycles. The predicted molar refractivity (Wildman–Crippen MR) is 111 cm³/mol. The average Bonchev–Trinajstić information content (AvgIpc) is 2.69. The van der Waals surface area contributed by atoms with Crippen molar-refractivity contribution in [3.05, 3.63) is 82.9 Å². The van der Waals surface area contributed by atoms with Gasteiger partial charge in [0.05, 0.1) is 0 Å². The van der Waals surface area contributed by atoms with Crippen LogP contribution in [-0.2, 0) is 6.42 Å². The summed E-state index contributed by atoms with van der Waals surface area (Å²) in [6, 6.07) is 22.4. The van der Waals surface area contributed by atoms with Crippen molar-refractivity contribution in [1.82, 2.24) is 0 Å². The first kappa shape index (κ1) is 18.4. The zero-order chi connectivity index (χ0) is 18.4. The lowest BCUT2D eigenvalue weighted by atomic mass is 9.93. The van der Waals surface area contributed by atoms with E-state index in [2.05, 4.69) is 31.2 Å². The van der Waals surface area contributed by atoms with Crippen molar-refractivity contribution in [1.29, 1.82) is 0 Å². The van der Waals surface area contributed by atoms with E-state index < -0.39 is 0 Å². The Balaban J connectivity index is 1.93.